The van der Waals surface area contributed by atoms with Gasteiger partial charge in [0.25, 0.3) is 0 Å². The third-order valence-corrected chi connectivity index (χ3v) is 11.5. The first-order chi connectivity index (χ1) is 27.8. The minimum atomic E-state index is -0.965. The Bertz CT molecular complexity index is 1420. The molecule has 2 unspecified atom stereocenters. The fourth-order valence-electron chi connectivity index (χ4n) is 7.60. The van der Waals surface area contributed by atoms with Gasteiger partial charge in [0.15, 0.2) is 0 Å². The maximum absolute atomic E-state index is 13.9. The number of carbonyl (C=O) groups is 1. The summed E-state index contributed by atoms with van der Waals surface area (Å²) in [7, 11) is 0. The number of carbonyl (C=O) groups excluding carboxylic acids is 1. The molecule has 0 aromatic heterocycles. The molecule has 324 valence electrons. The fraction of sp³-hybridized carbons (Fsp3) is 0.648. The highest BCUT2D eigenvalue weighted by Crippen LogP contribution is 2.25. The SMILES string of the molecule is CCCCCCCCCCCCCCCCCCOc1ccc(C(=O)C(OCC(C)Cc2ccc(C(C)(C)C)cc2)OCC(C)Cc2ccc(C(C)(C)C)cc2)cc1. The first-order valence-corrected chi connectivity index (χ1v) is 23.5. The number of unbranched alkanes of at least 4 members (excludes halogenated alkanes) is 15. The molecule has 2 atom stereocenters. The molecule has 0 aliphatic heterocycles. The summed E-state index contributed by atoms with van der Waals surface area (Å²) in [5, 5.41) is 0. The van der Waals surface area contributed by atoms with Gasteiger partial charge in [0.05, 0.1) is 19.8 Å². The summed E-state index contributed by atoms with van der Waals surface area (Å²) in [6, 6.07) is 25.3. The highest BCUT2D eigenvalue weighted by Gasteiger charge is 2.24. The second kappa shape index (κ2) is 27.0. The smallest absolute Gasteiger partial charge is 0.222 e. The lowest BCUT2D eigenvalue weighted by Crippen LogP contribution is -2.31. The van der Waals surface area contributed by atoms with E-state index in [0.717, 1.165) is 25.0 Å². The minimum absolute atomic E-state index is 0.126. The summed E-state index contributed by atoms with van der Waals surface area (Å²) < 4.78 is 18.7. The summed E-state index contributed by atoms with van der Waals surface area (Å²) >= 11 is 0. The number of Topliss-reactive ketones (excluding diaryl/α,β-unsaturated/α-hetero) is 1. The van der Waals surface area contributed by atoms with Gasteiger partial charge in [-0.2, -0.15) is 0 Å². The third kappa shape index (κ3) is 20.3. The third-order valence-electron chi connectivity index (χ3n) is 11.5. The predicted octanol–water partition coefficient (Wildman–Crippen LogP) is 15.2. The van der Waals surface area contributed by atoms with E-state index in [2.05, 4.69) is 111 Å². The van der Waals surface area contributed by atoms with E-state index < -0.39 is 6.29 Å². The van der Waals surface area contributed by atoms with Crippen LogP contribution < -0.4 is 4.74 Å². The van der Waals surface area contributed by atoms with Crippen molar-refractivity contribution in [3.05, 3.63) is 101 Å². The normalized spacial score (nSPS) is 13.7. The Morgan fingerprint density at radius 1 is 0.500 bits per heavy atom. The Kier molecular flexibility index (Phi) is 23.0. The number of rotatable bonds is 30. The molecule has 0 saturated carbocycles. The van der Waals surface area contributed by atoms with Crippen LogP contribution in [0.15, 0.2) is 72.8 Å². The first kappa shape index (κ1) is 49.4. The molecule has 0 heterocycles. The zero-order valence-electron chi connectivity index (χ0n) is 38.6. The van der Waals surface area contributed by atoms with Crippen molar-refractivity contribution in [3.63, 3.8) is 0 Å². The Labute approximate surface area is 356 Å². The van der Waals surface area contributed by atoms with Gasteiger partial charge in [0.1, 0.15) is 5.75 Å². The average Bonchev–Trinajstić information content (AvgIpc) is 3.19. The summed E-state index contributed by atoms with van der Waals surface area (Å²) in [5.74, 6) is 1.10. The maximum atomic E-state index is 13.9. The first-order valence-electron chi connectivity index (χ1n) is 23.5. The summed E-state index contributed by atoms with van der Waals surface area (Å²) in [6.45, 7) is 21.6. The number of ketones is 1. The van der Waals surface area contributed by atoms with E-state index in [9.17, 15) is 4.79 Å². The van der Waals surface area contributed by atoms with E-state index in [1.807, 2.05) is 24.3 Å². The van der Waals surface area contributed by atoms with Crippen LogP contribution in [0.25, 0.3) is 0 Å². The zero-order valence-corrected chi connectivity index (χ0v) is 38.6. The number of ether oxygens (including phenoxy) is 3. The van der Waals surface area contributed by atoms with Crippen LogP contribution in [0.4, 0.5) is 0 Å². The van der Waals surface area contributed by atoms with Crippen molar-refractivity contribution in [2.45, 2.75) is 195 Å². The van der Waals surface area contributed by atoms with Gasteiger partial charge in [0.2, 0.25) is 12.1 Å². The molecule has 0 spiro atoms. The van der Waals surface area contributed by atoms with Crippen LogP contribution in [0.1, 0.15) is 198 Å². The molecule has 4 heteroatoms. The lowest BCUT2D eigenvalue weighted by Gasteiger charge is -2.23. The van der Waals surface area contributed by atoms with Gasteiger partial charge < -0.3 is 14.2 Å². The van der Waals surface area contributed by atoms with Gasteiger partial charge in [0, 0.05) is 5.56 Å². The van der Waals surface area contributed by atoms with Gasteiger partial charge in [-0.1, -0.05) is 207 Å². The largest absolute Gasteiger partial charge is 0.494 e. The molecule has 0 amide bonds. The molecule has 3 rings (SSSR count). The van der Waals surface area contributed by atoms with Crippen LogP contribution in [0.3, 0.4) is 0 Å². The average molecular weight is 797 g/mol. The van der Waals surface area contributed by atoms with Gasteiger partial charge in [-0.15, -0.1) is 0 Å². The lowest BCUT2D eigenvalue weighted by atomic mass is 9.86. The highest BCUT2D eigenvalue weighted by atomic mass is 16.7. The van der Waals surface area contributed by atoms with Gasteiger partial charge in [-0.05, 0) is 88.4 Å². The van der Waals surface area contributed by atoms with Gasteiger partial charge in [-0.3, -0.25) is 4.79 Å². The van der Waals surface area contributed by atoms with Crippen LogP contribution in [0.5, 0.6) is 5.75 Å². The Morgan fingerprint density at radius 2 is 0.862 bits per heavy atom. The molecular formula is C54H84O4. The van der Waals surface area contributed by atoms with Crippen LogP contribution >= 0.6 is 0 Å². The predicted molar refractivity (Wildman–Crippen MR) is 248 cm³/mol. The summed E-state index contributed by atoms with van der Waals surface area (Å²) in [5.41, 5.74) is 6.03. The number of hydrogen-bond donors (Lipinski definition) is 0. The Hall–Kier alpha value is -2.95. The van der Waals surface area contributed by atoms with Crippen LogP contribution in [0.2, 0.25) is 0 Å². The van der Waals surface area contributed by atoms with E-state index in [1.165, 1.54) is 119 Å². The molecule has 4 nitrogen and oxygen atoms in total. The Morgan fingerprint density at radius 3 is 1.22 bits per heavy atom. The second-order valence-electron chi connectivity index (χ2n) is 19.6. The molecule has 0 radical (unpaired) electrons. The van der Waals surface area contributed by atoms with Crippen LogP contribution in [-0.2, 0) is 33.1 Å². The lowest BCUT2D eigenvalue weighted by molar-refractivity contribution is -0.127. The van der Waals surface area contributed by atoms with E-state index in [1.54, 1.807) is 0 Å². The monoisotopic (exact) mass is 797 g/mol. The summed E-state index contributed by atoms with van der Waals surface area (Å²) in [4.78, 5) is 13.9. The summed E-state index contributed by atoms with van der Waals surface area (Å²) in [6.07, 6.45) is 22.5. The van der Waals surface area contributed by atoms with Crippen molar-refractivity contribution < 1.29 is 19.0 Å². The maximum Gasteiger partial charge on any atom is 0.222 e. The number of benzene rings is 3. The molecule has 3 aromatic rings. The van der Waals surface area contributed by atoms with Crippen molar-refractivity contribution in [3.8, 4) is 5.75 Å². The van der Waals surface area contributed by atoms with Gasteiger partial charge >= 0.3 is 0 Å². The second-order valence-corrected chi connectivity index (χ2v) is 19.6. The number of hydrogen-bond acceptors (Lipinski definition) is 4. The molecule has 0 fully saturated rings. The van der Waals surface area contributed by atoms with Crippen LogP contribution in [0, 0.1) is 11.8 Å². The quantitative estimate of drug-likeness (QED) is 0.0383. The zero-order chi connectivity index (χ0) is 42.2. The van der Waals surface area contributed by atoms with E-state index in [0.29, 0.717) is 25.4 Å². The fourth-order valence-corrected chi connectivity index (χ4v) is 7.60. The molecule has 0 aliphatic carbocycles. The van der Waals surface area contributed by atoms with E-state index in [-0.39, 0.29) is 28.4 Å². The molecule has 58 heavy (non-hydrogen) atoms. The van der Waals surface area contributed by atoms with E-state index >= 15 is 0 Å². The van der Waals surface area contributed by atoms with Crippen molar-refractivity contribution in [1.29, 1.82) is 0 Å². The van der Waals surface area contributed by atoms with Crippen molar-refractivity contribution in [1.82, 2.24) is 0 Å². The molecule has 0 bridgehead atoms. The highest BCUT2D eigenvalue weighted by molar-refractivity contribution is 5.98. The van der Waals surface area contributed by atoms with Crippen molar-refractivity contribution in [2.75, 3.05) is 19.8 Å². The molecule has 0 saturated heterocycles. The standard InChI is InChI=1S/C54H84O4/c1-10-11-12-13-14-15-16-17-18-19-20-21-22-23-24-25-38-56-50-36-30-47(31-37-50)51(55)52(57-41-43(2)39-45-26-32-48(33-27-45)53(4,5)6)58-42-44(3)40-46-28-34-49(35-29-46)54(7,8)9/h26-37,43-44,52H,10-25,38-42H2,1-9H3. The van der Waals surface area contributed by atoms with E-state index in [4.69, 9.17) is 14.2 Å². The molecule has 0 aliphatic rings. The van der Waals surface area contributed by atoms with Crippen molar-refractivity contribution >= 4 is 5.78 Å². The Balaban J connectivity index is 1.43. The molecular weight excluding hydrogens is 713 g/mol. The minimum Gasteiger partial charge on any atom is -0.494 e. The topological polar surface area (TPSA) is 44.8 Å². The molecule has 3 aromatic carbocycles. The van der Waals surface area contributed by atoms with Crippen LogP contribution in [-0.4, -0.2) is 31.9 Å². The van der Waals surface area contributed by atoms with Crippen molar-refractivity contribution in [2.24, 2.45) is 11.8 Å². The van der Waals surface area contributed by atoms with Gasteiger partial charge in [-0.25, -0.2) is 0 Å². The molecule has 0 N–H and O–H groups in total.